The number of amides is 1. The molecule has 1 aromatic carbocycles. The molecule has 0 aliphatic carbocycles. The Labute approximate surface area is 134 Å². The summed E-state index contributed by atoms with van der Waals surface area (Å²) in [6.45, 7) is 2.05. The third kappa shape index (κ3) is 3.37. The summed E-state index contributed by atoms with van der Waals surface area (Å²) in [5.74, 6) is -0.769. The molecule has 118 valence electrons. The minimum absolute atomic E-state index is 0.00690. The molecule has 0 fully saturated rings. The first kappa shape index (κ1) is 16.7. The van der Waals surface area contributed by atoms with Crippen molar-refractivity contribution >= 4 is 27.3 Å². The van der Waals surface area contributed by atoms with Gasteiger partial charge >= 0.3 is 0 Å². The van der Waals surface area contributed by atoms with E-state index in [1.165, 1.54) is 0 Å². The van der Waals surface area contributed by atoms with Crippen LogP contribution in [0.1, 0.15) is 34.3 Å². The number of carbonyl (C=O) groups excluding carboxylic acids is 1. The summed E-state index contributed by atoms with van der Waals surface area (Å²) in [5.41, 5.74) is 6.58. The zero-order valence-corrected chi connectivity index (χ0v) is 13.8. The summed E-state index contributed by atoms with van der Waals surface area (Å²) >= 11 is 1.12. The first-order chi connectivity index (χ1) is 10.4. The van der Waals surface area contributed by atoms with E-state index in [2.05, 4.69) is 0 Å². The van der Waals surface area contributed by atoms with Gasteiger partial charge in [0.2, 0.25) is 10.0 Å². The second kappa shape index (κ2) is 6.60. The maximum atomic E-state index is 12.0. The number of nitrogens with two attached hydrogens (primary N) is 2. The molecule has 0 aliphatic heterocycles. The molecule has 0 bridgehead atoms. The molecule has 0 unspecified atom stereocenters. The number of primary sulfonamides is 1. The molecule has 1 aromatic heterocycles. The van der Waals surface area contributed by atoms with Gasteiger partial charge in [-0.15, -0.1) is 11.3 Å². The van der Waals surface area contributed by atoms with Gasteiger partial charge in [0.25, 0.3) is 5.91 Å². The number of carbonyl (C=O) groups is 1. The smallest absolute Gasteiger partial charge is 0.260 e. The van der Waals surface area contributed by atoms with Gasteiger partial charge in [0, 0.05) is 10.4 Å². The monoisotopic (exact) mass is 338 g/mol. The topological polar surface area (TPSA) is 103 Å². The fraction of sp³-hybridized carbons (Fsp3) is 0.267. The number of unbranched alkanes of at least 4 members (excludes halogenated alkanes) is 1. The third-order valence-electron chi connectivity index (χ3n) is 3.27. The van der Waals surface area contributed by atoms with Crippen molar-refractivity contribution in [1.29, 1.82) is 0 Å². The van der Waals surface area contributed by atoms with Crippen LogP contribution in [0.3, 0.4) is 0 Å². The zero-order valence-electron chi connectivity index (χ0n) is 12.2. The molecule has 0 radical (unpaired) electrons. The van der Waals surface area contributed by atoms with Crippen LogP contribution in [-0.2, 0) is 16.4 Å². The number of primary amides is 1. The molecule has 0 saturated carbocycles. The predicted octanol–water partition coefficient (Wildman–Crippen LogP) is 2.50. The van der Waals surface area contributed by atoms with Gasteiger partial charge in [-0.3, -0.25) is 4.79 Å². The highest BCUT2D eigenvalue weighted by Crippen LogP contribution is 2.39. The highest BCUT2D eigenvalue weighted by Gasteiger charge is 2.29. The molecule has 1 heterocycles. The normalized spacial score (nSPS) is 11.5. The maximum absolute atomic E-state index is 12.0. The van der Waals surface area contributed by atoms with E-state index >= 15 is 0 Å². The van der Waals surface area contributed by atoms with Crippen molar-refractivity contribution in [3.05, 3.63) is 40.1 Å². The molecule has 1 amide bonds. The quantitative estimate of drug-likeness (QED) is 0.845. The van der Waals surface area contributed by atoms with E-state index in [1.54, 1.807) is 12.1 Å². The zero-order chi connectivity index (χ0) is 16.3. The largest absolute Gasteiger partial charge is 0.365 e. The van der Waals surface area contributed by atoms with Gasteiger partial charge in [-0.25, -0.2) is 13.6 Å². The number of hydrogen-bond acceptors (Lipinski definition) is 4. The van der Waals surface area contributed by atoms with Crippen LogP contribution in [0.2, 0.25) is 0 Å². The average Bonchev–Trinajstić information content (AvgIpc) is 2.85. The number of thiophene rings is 1. The van der Waals surface area contributed by atoms with E-state index in [-0.39, 0.29) is 9.77 Å². The minimum atomic E-state index is -4.05. The number of hydrogen-bond donors (Lipinski definition) is 2. The van der Waals surface area contributed by atoms with Crippen molar-refractivity contribution < 1.29 is 13.2 Å². The fourth-order valence-electron chi connectivity index (χ4n) is 2.30. The Balaban J connectivity index is 2.78. The summed E-state index contributed by atoms with van der Waals surface area (Å²) in [6.07, 6.45) is 2.53. The van der Waals surface area contributed by atoms with Crippen LogP contribution in [0.25, 0.3) is 11.1 Å². The SMILES string of the molecule is CCCCc1sc(C(N)=O)c(S(N)(=O)=O)c1-c1ccccc1. The van der Waals surface area contributed by atoms with Crippen LogP contribution in [0.4, 0.5) is 0 Å². The van der Waals surface area contributed by atoms with Crippen LogP contribution in [0.5, 0.6) is 0 Å². The summed E-state index contributed by atoms with van der Waals surface area (Å²) in [6, 6.07) is 9.07. The van der Waals surface area contributed by atoms with Gasteiger partial charge in [-0.05, 0) is 18.4 Å². The van der Waals surface area contributed by atoms with Crippen molar-refractivity contribution in [2.75, 3.05) is 0 Å². The third-order valence-corrected chi connectivity index (χ3v) is 5.64. The van der Waals surface area contributed by atoms with Gasteiger partial charge in [0.1, 0.15) is 9.77 Å². The lowest BCUT2D eigenvalue weighted by atomic mass is 10.0. The second-order valence-corrected chi connectivity index (χ2v) is 7.54. The van der Waals surface area contributed by atoms with E-state index in [4.69, 9.17) is 10.9 Å². The van der Waals surface area contributed by atoms with E-state index in [0.29, 0.717) is 12.0 Å². The van der Waals surface area contributed by atoms with Crippen LogP contribution < -0.4 is 10.9 Å². The average molecular weight is 338 g/mol. The molecule has 2 rings (SSSR count). The molecule has 0 spiro atoms. The molecular formula is C15H18N2O3S2. The van der Waals surface area contributed by atoms with Gasteiger partial charge in [0.05, 0.1) is 0 Å². The number of benzene rings is 1. The lowest BCUT2D eigenvalue weighted by molar-refractivity contribution is 0.100. The Hall–Kier alpha value is -1.70. The summed E-state index contributed by atoms with van der Waals surface area (Å²) in [4.78, 5) is 12.3. The van der Waals surface area contributed by atoms with Crippen molar-refractivity contribution in [2.45, 2.75) is 31.1 Å². The van der Waals surface area contributed by atoms with Crippen molar-refractivity contribution in [3.63, 3.8) is 0 Å². The molecule has 5 nitrogen and oxygen atoms in total. The van der Waals surface area contributed by atoms with Crippen LogP contribution in [-0.4, -0.2) is 14.3 Å². The Morgan fingerprint density at radius 1 is 1.23 bits per heavy atom. The van der Waals surface area contributed by atoms with Crippen LogP contribution >= 0.6 is 11.3 Å². The number of sulfonamides is 1. The Bertz CT molecular complexity index is 781. The Morgan fingerprint density at radius 3 is 2.36 bits per heavy atom. The van der Waals surface area contributed by atoms with Gasteiger partial charge in [-0.2, -0.15) is 0 Å². The summed E-state index contributed by atoms with van der Waals surface area (Å²) in [5, 5.41) is 5.35. The van der Waals surface area contributed by atoms with Crippen molar-refractivity contribution in [1.82, 2.24) is 0 Å². The molecule has 0 aliphatic rings. The van der Waals surface area contributed by atoms with Gasteiger partial charge in [-0.1, -0.05) is 43.7 Å². The molecule has 0 saturated heterocycles. The van der Waals surface area contributed by atoms with E-state index < -0.39 is 15.9 Å². The van der Waals surface area contributed by atoms with E-state index in [1.807, 2.05) is 25.1 Å². The lowest BCUT2D eigenvalue weighted by Crippen LogP contribution is -2.19. The summed E-state index contributed by atoms with van der Waals surface area (Å²) in [7, 11) is -4.05. The molecule has 0 atom stereocenters. The van der Waals surface area contributed by atoms with E-state index in [9.17, 15) is 13.2 Å². The van der Waals surface area contributed by atoms with Gasteiger partial charge in [0.15, 0.2) is 0 Å². The summed E-state index contributed by atoms with van der Waals surface area (Å²) < 4.78 is 24.0. The second-order valence-electron chi connectivity index (χ2n) is 4.94. The number of aryl methyl sites for hydroxylation is 1. The van der Waals surface area contributed by atoms with E-state index in [0.717, 1.165) is 34.6 Å². The first-order valence-electron chi connectivity index (χ1n) is 6.90. The highest BCUT2D eigenvalue weighted by atomic mass is 32.2. The fourth-order valence-corrected chi connectivity index (χ4v) is 4.84. The minimum Gasteiger partial charge on any atom is -0.365 e. The van der Waals surface area contributed by atoms with Crippen LogP contribution in [0.15, 0.2) is 35.2 Å². The maximum Gasteiger partial charge on any atom is 0.260 e. The van der Waals surface area contributed by atoms with Crippen molar-refractivity contribution in [3.8, 4) is 11.1 Å². The molecule has 22 heavy (non-hydrogen) atoms. The predicted molar refractivity (Wildman–Crippen MR) is 88.3 cm³/mol. The molecule has 7 heteroatoms. The molecular weight excluding hydrogens is 320 g/mol. The number of rotatable bonds is 6. The Kier molecular flexibility index (Phi) is 5.00. The Morgan fingerprint density at radius 2 is 1.86 bits per heavy atom. The van der Waals surface area contributed by atoms with Crippen LogP contribution in [0, 0.1) is 0 Å². The van der Waals surface area contributed by atoms with Gasteiger partial charge < -0.3 is 5.73 Å². The standard InChI is InChI=1S/C15H18N2O3S2/c1-2-3-9-11-12(10-7-5-4-6-8-10)14(22(17,19)20)13(21-11)15(16)18/h4-8H,2-3,9H2,1H3,(H2,16,18)(H2,17,19,20). The molecule has 2 aromatic rings. The molecule has 4 N–H and O–H groups in total. The highest BCUT2D eigenvalue weighted by molar-refractivity contribution is 7.89. The van der Waals surface area contributed by atoms with Crippen molar-refractivity contribution in [2.24, 2.45) is 10.9 Å². The first-order valence-corrected chi connectivity index (χ1v) is 9.26. The lowest BCUT2D eigenvalue weighted by Gasteiger charge is -2.07.